The van der Waals surface area contributed by atoms with Crippen LogP contribution in [0.5, 0.6) is 0 Å². The number of carbonyl (C=O) groups excluding carboxylic acids is 1. The third kappa shape index (κ3) is 3.84. The van der Waals surface area contributed by atoms with Crippen molar-refractivity contribution >= 4 is 23.2 Å². The maximum absolute atomic E-state index is 12.5. The Hall–Kier alpha value is -1.36. The zero-order valence-corrected chi connectivity index (χ0v) is 13.4. The summed E-state index contributed by atoms with van der Waals surface area (Å²) >= 11 is 1.63. The van der Waals surface area contributed by atoms with Gasteiger partial charge in [-0.3, -0.25) is 9.59 Å². The Balaban J connectivity index is 2.06. The zero-order valence-electron chi connectivity index (χ0n) is 12.5. The topological polar surface area (TPSA) is 66.4 Å². The summed E-state index contributed by atoms with van der Waals surface area (Å²) < 4.78 is 0. The fourth-order valence-electron chi connectivity index (χ4n) is 3.20. The van der Waals surface area contributed by atoms with Gasteiger partial charge in [-0.15, -0.1) is 11.3 Å². The largest absolute Gasteiger partial charge is 0.481 e. The summed E-state index contributed by atoms with van der Waals surface area (Å²) in [6.45, 7) is 4.11. The number of carbonyl (C=O) groups is 2. The SMILES string of the molecule is CCCC(NC(=O)[C@H]1CC(C)C[C@H]1C(=O)O)c1cccs1. The molecule has 2 N–H and O–H groups in total. The van der Waals surface area contributed by atoms with E-state index >= 15 is 0 Å². The van der Waals surface area contributed by atoms with E-state index in [1.807, 2.05) is 24.4 Å². The van der Waals surface area contributed by atoms with Gasteiger partial charge in [0.25, 0.3) is 0 Å². The lowest BCUT2D eigenvalue weighted by Gasteiger charge is -2.21. The van der Waals surface area contributed by atoms with Crippen LogP contribution in [0.2, 0.25) is 0 Å². The average Bonchev–Trinajstić information content (AvgIpc) is 3.06. The molecule has 1 aliphatic carbocycles. The van der Waals surface area contributed by atoms with Crippen LogP contribution in [0, 0.1) is 17.8 Å². The summed E-state index contributed by atoms with van der Waals surface area (Å²) in [6.07, 6.45) is 3.13. The lowest BCUT2D eigenvalue weighted by Crippen LogP contribution is -2.37. The van der Waals surface area contributed by atoms with Gasteiger partial charge in [-0.2, -0.15) is 0 Å². The second-order valence-electron chi connectivity index (χ2n) is 5.99. The molecule has 1 aromatic heterocycles. The van der Waals surface area contributed by atoms with Crippen molar-refractivity contribution in [2.75, 3.05) is 0 Å². The standard InChI is InChI=1S/C16H23NO3S/c1-3-5-13(14-6-4-7-21-14)17-15(18)11-8-10(2)9-12(11)16(19)20/h4,6-7,10-13H,3,5,8-9H2,1-2H3,(H,17,18)(H,19,20)/t10?,11-,12+,13?/m0/s1. The normalized spacial score (nSPS) is 26.5. The van der Waals surface area contributed by atoms with E-state index in [9.17, 15) is 14.7 Å². The van der Waals surface area contributed by atoms with Gasteiger partial charge in [0.15, 0.2) is 0 Å². The van der Waals surface area contributed by atoms with E-state index in [1.54, 1.807) is 11.3 Å². The van der Waals surface area contributed by atoms with E-state index < -0.39 is 17.8 Å². The minimum Gasteiger partial charge on any atom is -0.481 e. The average molecular weight is 309 g/mol. The molecular weight excluding hydrogens is 286 g/mol. The van der Waals surface area contributed by atoms with E-state index in [1.165, 1.54) is 0 Å². The third-order valence-electron chi connectivity index (χ3n) is 4.23. The summed E-state index contributed by atoms with van der Waals surface area (Å²) in [4.78, 5) is 25.0. The molecule has 0 aromatic carbocycles. The van der Waals surface area contributed by atoms with Crippen LogP contribution in [-0.4, -0.2) is 17.0 Å². The molecule has 1 amide bonds. The number of carboxylic acid groups (broad SMARTS) is 1. The summed E-state index contributed by atoms with van der Waals surface area (Å²) in [6, 6.07) is 4.01. The molecular formula is C16H23NO3S. The molecule has 1 aromatic rings. The van der Waals surface area contributed by atoms with Crippen LogP contribution in [0.3, 0.4) is 0 Å². The number of nitrogens with one attached hydrogen (secondary N) is 1. The van der Waals surface area contributed by atoms with Gasteiger partial charge < -0.3 is 10.4 Å². The molecule has 21 heavy (non-hydrogen) atoms. The van der Waals surface area contributed by atoms with E-state index in [4.69, 9.17) is 0 Å². The number of amides is 1. The fraction of sp³-hybridized carbons (Fsp3) is 0.625. The van der Waals surface area contributed by atoms with Crippen molar-refractivity contribution in [3.05, 3.63) is 22.4 Å². The lowest BCUT2D eigenvalue weighted by atomic mass is 9.94. The first kappa shape index (κ1) is 16.0. The monoisotopic (exact) mass is 309 g/mol. The van der Waals surface area contributed by atoms with E-state index in [2.05, 4.69) is 12.2 Å². The number of hydrogen-bond donors (Lipinski definition) is 2. The first-order chi connectivity index (χ1) is 10.0. The van der Waals surface area contributed by atoms with Gasteiger partial charge in [0.2, 0.25) is 5.91 Å². The Bertz CT molecular complexity index is 486. The first-order valence-electron chi connectivity index (χ1n) is 7.59. The van der Waals surface area contributed by atoms with Gasteiger partial charge in [-0.05, 0) is 36.6 Å². The van der Waals surface area contributed by atoms with Gasteiger partial charge in [0.05, 0.1) is 17.9 Å². The lowest BCUT2D eigenvalue weighted by molar-refractivity contribution is -0.146. The van der Waals surface area contributed by atoms with Crippen LogP contribution in [0.25, 0.3) is 0 Å². The molecule has 0 radical (unpaired) electrons. The number of hydrogen-bond acceptors (Lipinski definition) is 3. The molecule has 4 nitrogen and oxygen atoms in total. The molecule has 1 aliphatic rings. The Morgan fingerprint density at radius 1 is 1.43 bits per heavy atom. The maximum atomic E-state index is 12.5. The highest BCUT2D eigenvalue weighted by Gasteiger charge is 2.41. The summed E-state index contributed by atoms with van der Waals surface area (Å²) in [7, 11) is 0. The Kier molecular flexibility index (Phi) is 5.39. The van der Waals surface area contributed by atoms with Gasteiger partial charge in [0.1, 0.15) is 0 Å². The molecule has 0 saturated heterocycles. The van der Waals surface area contributed by atoms with E-state index in [-0.39, 0.29) is 11.9 Å². The van der Waals surface area contributed by atoms with Crippen LogP contribution in [0.4, 0.5) is 0 Å². The predicted molar refractivity (Wildman–Crippen MR) is 83.1 cm³/mol. The van der Waals surface area contributed by atoms with Crippen LogP contribution in [-0.2, 0) is 9.59 Å². The quantitative estimate of drug-likeness (QED) is 0.846. The second kappa shape index (κ2) is 7.07. The zero-order chi connectivity index (χ0) is 15.4. The highest BCUT2D eigenvalue weighted by Crippen LogP contribution is 2.37. The second-order valence-corrected chi connectivity index (χ2v) is 6.97. The van der Waals surface area contributed by atoms with Crippen molar-refractivity contribution in [1.29, 1.82) is 0 Å². The number of rotatable bonds is 6. The van der Waals surface area contributed by atoms with E-state index in [0.29, 0.717) is 18.8 Å². The first-order valence-corrected chi connectivity index (χ1v) is 8.47. The molecule has 2 rings (SSSR count). The Labute approximate surface area is 129 Å². The van der Waals surface area contributed by atoms with Crippen LogP contribution in [0.15, 0.2) is 17.5 Å². The third-order valence-corrected chi connectivity index (χ3v) is 5.22. The number of aliphatic carboxylic acids is 1. The smallest absolute Gasteiger partial charge is 0.307 e. The Morgan fingerprint density at radius 2 is 2.14 bits per heavy atom. The summed E-state index contributed by atoms with van der Waals surface area (Å²) in [5.74, 6) is -1.57. The Morgan fingerprint density at radius 3 is 2.71 bits per heavy atom. The molecule has 116 valence electrons. The van der Waals surface area contributed by atoms with Crippen molar-refractivity contribution in [1.82, 2.24) is 5.32 Å². The van der Waals surface area contributed by atoms with Crippen molar-refractivity contribution in [3.8, 4) is 0 Å². The van der Waals surface area contributed by atoms with Crippen LogP contribution >= 0.6 is 11.3 Å². The molecule has 1 saturated carbocycles. The molecule has 0 aliphatic heterocycles. The highest BCUT2D eigenvalue weighted by atomic mass is 32.1. The predicted octanol–water partition coefficient (Wildman–Crippen LogP) is 3.45. The maximum Gasteiger partial charge on any atom is 0.307 e. The fourth-order valence-corrected chi connectivity index (χ4v) is 4.01. The van der Waals surface area contributed by atoms with Gasteiger partial charge in [-0.25, -0.2) is 0 Å². The van der Waals surface area contributed by atoms with Gasteiger partial charge >= 0.3 is 5.97 Å². The summed E-state index contributed by atoms with van der Waals surface area (Å²) in [5, 5.41) is 14.4. The van der Waals surface area contributed by atoms with Gasteiger partial charge in [-0.1, -0.05) is 26.3 Å². The molecule has 1 heterocycles. The minimum atomic E-state index is -0.845. The van der Waals surface area contributed by atoms with E-state index in [0.717, 1.165) is 17.7 Å². The van der Waals surface area contributed by atoms with Crippen molar-refractivity contribution in [2.45, 2.75) is 45.6 Å². The summed E-state index contributed by atoms with van der Waals surface area (Å²) in [5.41, 5.74) is 0. The van der Waals surface area contributed by atoms with Crippen molar-refractivity contribution < 1.29 is 14.7 Å². The number of thiophene rings is 1. The molecule has 1 fully saturated rings. The molecule has 0 bridgehead atoms. The number of carboxylic acids is 1. The molecule has 5 heteroatoms. The molecule has 0 spiro atoms. The van der Waals surface area contributed by atoms with Crippen LogP contribution in [0.1, 0.15) is 50.4 Å². The highest BCUT2D eigenvalue weighted by molar-refractivity contribution is 7.10. The van der Waals surface area contributed by atoms with Crippen molar-refractivity contribution in [3.63, 3.8) is 0 Å². The molecule has 4 atom stereocenters. The van der Waals surface area contributed by atoms with Crippen molar-refractivity contribution in [2.24, 2.45) is 17.8 Å². The molecule has 2 unspecified atom stereocenters. The van der Waals surface area contributed by atoms with Gasteiger partial charge in [0, 0.05) is 4.88 Å². The van der Waals surface area contributed by atoms with Crippen LogP contribution < -0.4 is 5.32 Å². The minimum absolute atomic E-state index is 0.00727.